The molecule has 0 saturated carbocycles. The normalized spacial score (nSPS) is 10.0. The largest absolute Gasteiger partial charge is 0.497 e. The number of aromatic amines is 1. The molecular formula is C28H30Br2N2O9. The molecule has 13 heteroatoms. The Kier molecular flexibility index (Phi) is 13.4. The molecule has 0 atom stereocenters. The molecule has 0 saturated heterocycles. The van der Waals surface area contributed by atoms with Crippen molar-refractivity contribution < 1.29 is 38.1 Å². The average molecular weight is 698 g/mol. The number of hydrogen-bond acceptors (Lipinski definition) is 10. The molecule has 0 amide bonds. The number of carbonyl (C=O) groups excluding carboxylic acids is 3. The van der Waals surface area contributed by atoms with Crippen LogP contribution in [0, 0.1) is 0 Å². The smallest absolute Gasteiger partial charge is 0.347 e. The zero-order valence-electron chi connectivity index (χ0n) is 23.1. The Morgan fingerprint density at radius 1 is 0.878 bits per heavy atom. The molecule has 2 N–H and O–H groups in total. The summed E-state index contributed by atoms with van der Waals surface area (Å²) in [6.45, 7) is 5.55. The molecule has 3 rings (SSSR count). The second-order valence-electron chi connectivity index (χ2n) is 7.74. The van der Waals surface area contributed by atoms with E-state index in [-0.39, 0.29) is 31.0 Å². The van der Waals surface area contributed by atoms with E-state index in [4.69, 9.17) is 23.7 Å². The molecular weight excluding hydrogens is 668 g/mol. The van der Waals surface area contributed by atoms with Gasteiger partial charge in [-0.2, -0.15) is 0 Å². The first-order valence-corrected chi connectivity index (χ1v) is 13.9. The van der Waals surface area contributed by atoms with Gasteiger partial charge in [0.05, 0.1) is 50.6 Å². The van der Waals surface area contributed by atoms with Crippen molar-refractivity contribution in [1.29, 1.82) is 0 Å². The number of esters is 3. The number of benzene rings is 2. The lowest BCUT2D eigenvalue weighted by atomic mass is 10.1. The number of nitrogens with one attached hydrogen (secondary N) is 2. The predicted octanol–water partition coefficient (Wildman–Crippen LogP) is 5.36. The van der Waals surface area contributed by atoms with E-state index in [1.165, 1.54) is 19.5 Å². The standard InChI is InChI=1S/C15H18BrNO5.C13H12BrNO4/c1-4-21-14(18)11(15(19)22-5-2)9-17-13-8-10(20-3)6-7-12(13)16;1-3-19-13(17)7-6-15-11-8(14)4-5-9(18-2)10(11)12(7)16/h6-9,17H,4-5H2,1-3H3;4-6H,3H2,1-2H3,(H,15,16). The Bertz CT molecular complexity index is 1470. The summed E-state index contributed by atoms with van der Waals surface area (Å²) in [7, 11) is 3.02. The van der Waals surface area contributed by atoms with Crippen LogP contribution in [-0.4, -0.2) is 56.9 Å². The second kappa shape index (κ2) is 16.4. The molecule has 0 spiro atoms. The number of fused-ring (bicyclic) bond motifs is 1. The average Bonchev–Trinajstić information content (AvgIpc) is 2.95. The Labute approximate surface area is 253 Å². The lowest BCUT2D eigenvalue weighted by molar-refractivity contribution is -0.146. The van der Waals surface area contributed by atoms with Crippen molar-refractivity contribution >= 4 is 66.4 Å². The molecule has 0 aliphatic heterocycles. The van der Waals surface area contributed by atoms with Crippen LogP contribution < -0.4 is 20.2 Å². The summed E-state index contributed by atoms with van der Waals surface area (Å²) < 4.78 is 26.3. The van der Waals surface area contributed by atoms with E-state index in [1.807, 2.05) is 0 Å². The van der Waals surface area contributed by atoms with Gasteiger partial charge in [-0.05, 0) is 76.9 Å². The molecule has 11 nitrogen and oxygen atoms in total. The van der Waals surface area contributed by atoms with E-state index in [1.54, 1.807) is 58.2 Å². The van der Waals surface area contributed by atoms with Crippen LogP contribution in [0.3, 0.4) is 0 Å². The van der Waals surface area contributed by atoms with Crippen molar-refractivity contribution in [3.63, 3.8) is 0 Å². The number of carbonyl (C=O) groups is 3. The zero-order valence-corrected chi connectivity index (χ0v) is 26.3. The number of halogens is 2. The minimum Gasteiger partial charge on any atom is -0.497 e. The highest BCUT2D eigenvalue weighted by Crippen LogP contribution is 2.28. The van der Waals surface area contributed by atoms with Crippen LogP contribution in [0.4, 0.5) is 5.69 Å². The fourth-order valence-electron chi connectivity index (χ4n) is 3.31. The molecule has 2 aromatic carbocycles. The fraction of sp³-hybridized carbons (Fsp3) is 0.286. The lowest BCUT2D eigenvalue weighted by Gasteiger charge is -2.09. The van der Waals surface area contributed by atoms with Crippen LogP contribution in [0.2, 0.25) is 0 Å². The maximum absolute atomic E-state index is 12.4. The number of H-pyrrole nitrogens is 1. The predicted molar refractivity (Wildman–Crippen MR) is 160 cm³/mol. The fourth-order valence-corrected chi connectivity index (χ4v) is 4.12. The summed E-state index contributed by atoms with van der Waals surface area (Å²) in [5, 5.41) is 3.20. The highest BCUT2D eigenvalue weighted by molar-refractivity contribution is 9.11. The third-order valence-corrected chi connectivity index (χ3v) is 6.55. The molecule has 1 aromatic heterocycles. The van der Waals surface area contributed by atoms with Gasteiger partial charge in [-0.1, -0.05) is 0 Å². The van der Waals surface area contributed by atoms with Crippen molar-refractivity contribution in [2.75, 3.05) is 39.4 Å². The van der Waals surface area contributed by atoms with Gasteiger partial charge in [-0.25, -0.2) is 14.4 Å². The van der Waals surface area contributed by atoms with Crippen LogP contribution in [0.15, 0.2) is 62.0 Å². The van der Waals surface area contributed by atoms with E-state index in [0.717, 1.165) is 8.95 Å². The molecule has 41 heavy (non-hydrogen) atoms. The van der Waals surface area contributed by atoms with Crippen molar-refractivity contribution in [1.82, 2.24) is 4.98 Å². The third-order valence-electron chi connectivity index (χ3n) is 5.20. The quantitative estimate of drug-likeness (QED) is 0.0935. The molecule has 0 aliphatic rings. The molecule has 0 radical (unpaired) electrons. The summed E-state index contributed by atoms with van der Waals surface area (Å²) in [6.07, 6.45) is 2.61. The SMILES string of the molecule is CCOC(=O)C(=CNc1cc(OC)ccc1Br)C(=O)OCC.CCOC(=O)c1c[nH]c2c(Br)ccc(OC)c2c1=O. The third kappa shape index (κ3) is 8.82. The molecule has 220 valence electrons. The van der Waals surface area contributed by atoms with Crippen LogP contribution in [0.1, 0.15) is 31.1 Å². The summed E-state index contributed by atoms with van der Waals surface area (Å²) in [5.41, 5.74) is 0.553. The van der Waals surface area contributed by atoms with Gasteiger partial charge in [0.2, 0.25) is 5.43 Å². The number of pyridine rings is 1. The first kappa shape index (κ1) is 33.4. The number of methoxy groups -OCH3 is 2. The summed E-state index contributed by atoms with van der Waals surface area (Å²) in [6, 6.07) is 8.70. The van der Waals surface area contributed by atoms with Crippen molar-refractivity contribution in [3.05, 3.63) is 73.0 Å². The number of anilines is 1. The van der Waals surface area contributed by atoms with Gasteiger partial charge in [-0.3, -0.25) is 4.79 Å². The van der Waals surface area contributed by atoms with Crippen LogP contribution in [0.5, 0.6) is 11.5 Å². The van der Waals surface area contributed by atoms with Gasteiger partial charge < -0.3 is 34.0 Å². The van der Waals surface area contributed by atoms with Gasteiger partial charge in [0.1, 0.15) is 17.1 Å². The lowest BCUT2D eigenvalue weighted by Crippen LogP contribution is -2.19. The monoisotopic (exact) mass is 696 g/mol. The van der Waals surface area contributed by atoms with E-state index in [9.17, 15) is 19.2 Å². The van der Waals surface area contributed by atoms with Gasteiger partial charge in [0, 0.05) is 27.4 Å². The topological polar surface area (TPSA) is 142 Å². The van der Waals surface area contributed by atoms with Crippen molar-refractivity contribution in [3.8, 4) is 11.5 Å². The molecule has 0 bridgehead atoms. The summed E-state index contributed by atoms with van der Waals surface area (Å²) in [4.78, 5) is 50.6. The summed E-state index contributed by atoms with van der Waals surface area (Å²) >= 11 is 6.71. The Morgan fingerprint density at radius 2 is 1.49 bits per heavy atom. The van der Waals surface area contributed by atoms with Gasteiger partial charge >= 0.3 is 17.9 Å². The maximum Gasteiger partial charge on any atom is 0.347 e. The number of rotatable bonds is 10. The van der Waals surface area contributed by atoms with E-state index in [0.29, 0.717) is 28.1 Å². The van der Waals surface area contributed by atoms with Gasteiger partial charge in [0.25, 0.3) is 0 Å². The number of ether oxygens (including phenoxy) is 5. The van der Waals surface area contributed by atoms with Crippen molar-refractivity contribution in [2.45, 2.75) is 20.8 Å². The minimum atomic E-state index is -0.743. The highest BCUT2D eigenvalue weighted by Gasteiger charge is 2.21. The molecule has 0 fully saturated rings. The van der Waals surface area contributed by atoms with Gasteiger partial charge in [-0.15, -0.1) is 0 Å². The van der Waals surface area contributed by atoms with Crippen LogP contribution in [0.25, 0.3) is 10.9 Å². The zero-order chi connectivity index (χ0) is 30.5. The minimum absolute atomic E-state index is 0.0363. The number of aromatic nitrogens is 1. The Balaban J connectivity index is 0.000000289. The first-order valence-electron chi connectivity index (χ1n) is 12.3. The molecule has 0 aliphatic carbocycles. The Hall–Kier alpha value is -3.84. The van der Waals surface area contributed by atoms with Crippen molar-refractivity contribution in [2.24, 2.45) is 0 Å². The molecule has 3 aromatic rings. The second-order valence-corrected chi connectivity index (χ2v) is 9.45. The number of hydrogen-bond donors (Lipinski definition) is 2. The first-order chi connectivity index (χ1) is 19.6. The van der Waals surface area contributed by atoms with E-state index >= 15 is 0 Å². The molecule has 1 heterocycles. The highest BCUT2D eigenvalue weighted by atomic mass is 79.9. The van der Waals surface area contributed by atoms with E-state index in [2.05, 4.69) is 42.2 Å². The van der Waals surface area contributed by atoms with E-state index < -0.39 is 23.3 Å². The molecule has 0 unspecified atom stereocenters. The summed E-state index contributed by atoms with van der Waals surface area (Å²) in [5.74, 6) is -1.09. The maximum atomic E-state index is 12.4. The van der Waals surface area contributed by atoms with Crippen LogP contribution in [-0.2, 0) is 23.8 Å². The van der Waals surface area contributed by atoms with Gasteiger partial charge in [0.15, 0.2) is 5.57 Å². The Morgan fingerprint density at radius 3 is 2.05 bits per heavy atom. The van der Waals surface area contributed by atoms with Crippen LogP contribution >= 0.6 is 31.9 Å².